The lowest BCUT2D eigenvalue weighted by Gasteiger charge is -2.26. The second-order valence-electron chi connectivity index (χ2n) is 8.49. The molecule has 8 nitrogen and oxygen atoms in total. The monoisotopic (exact) mass is 451 g/mol. The van der Waals surface area contributed by atoms with Crippen molar-refractivity contribution < 1.29 is 23.0 Å². The van der Waals surface area contributed by atoms with Crippen LogP contribution in [0.2, 0.25) is 0 Å². The van der Waals surface area contributed by atoms with Gasteiger partial charge in [0.15, 0.2) is 0 Å². The predicted octanol–water partition coefficient (Wildman–Crippen LogP) is 2.88. The normalized spacial score (nSPS) is 15.4. The Balaban J connectivity index is 1.88. The van der Waals surface area contributed by atoms with Crippen molar-refractivity contribution in [3.8, 4) is 5.75 Å². The number of aromatic nitrogens is 2. The number of benzene rings is 1. The second-order valence-corrected chi connectivity index (χ2v) is 10.4. The maximum absolute atomic E-state index is 13.6. The van der Waals surface area contributed by atoms with Crippen LogP contribution in [0.4, 0.5) is 5.82 Å². The van der Waals surface area contributed by atoms with E-state index >= 15 is 0 Å². The number of rotatable bonds is 9. The standard InChI is InChI=1S/C22H33N3O5S/c1-16(2)13-25(22-11-17(3)23-24(22)4)31(27,28)20-5-6-21(19(12-20)14-26)30-15-18-7-9-29-10-8-18/h5-6,11-12,16,18,26H,7-10,13-15H2,1-4H3. The lowest BCUT2D eigenvalue weighted by Crippen LogP contribution is -2.35. The molecule has 1 aliphatic rings. The van der Waals surface area contributed by atoms with Crippen molar-refractivity contribution in [1.82, 2.24) is 9.78 Å². The van der Waals surface area contributed by atoms with Crippen LogP contribution >= 0.6 is 0 Å². The summed E-state index contributed by atoms with van der Waals surface area (Å²) < 4.78 is 41.4. The van der Waals surface area contributed by atoms with Crippen molar-refractivity contribution in [1.29, 1.82) is 0 Å². The third kappa shape index (κ3) is 5.58. The molecule has 31 heavy (non-hydrogen) atoms. The van der Waals surface area contributed by atoms with Gasteiger partial charge in [-0.1, -0.05) is 13.8 Å². The zero-order valence-corrected chi connectivity index (χ0v) is 19.6. The van der Waals surface area contributed by atoms with E-state index in [4.69, 9.17) is 9.47 Å². The van der Waals surface area contributed by atoms with E-state index < -0.39 is 10.0 Å². The summed E-state index contributed by atoms with van der Waals surface area (Å²) >= 11 is 0. The van der Waals surface area contributed by atoms with Gasteiger partial charge in [-0.2, -0.15) is 5.10 Å². The summed E-state index contributed by atoms with van der Waals surface area (Å²) in [6.07, 6.45) is 1.88. The summed E-state index contributed by atoms with van der Waals surface area (Å²) in [6.45, 7) is 7.78. The molecule has 0 saturated carbocycles. The van der Waals surface area contributed by atoms with Gasteiger partial charge in [0, 0.05) is 38.4 Å². The van der Waals surface area contributed by atoms with Crippen LogP contribution < -0.4 is 9.04 Å². The molecule has 0 bridgehead atoms. The summed E-state index contributed by atoms with van der Waals surface area (Å²) in [5.74, 6) is 1.54. The minimum Gasteiger partial charge on any atom is -0.493 e. The maximum Gasteiger partial charge on any atom is 0.265 e. The topological polar surface area (TPSA) is 93.9 Å². The summed E-state index contributed by atoms with van der Waals surface area (Å²) in [5, 5.41) is 14.2. The molecule has 1 aliphatic heterocycles. The Labute approximate surface area is 184 Å². The van der Waals surface area contributed by atoms with Crippen LogP contribution in [0.15, 0.2) is 29.2 Å². The molecule has 0 unspecified atom stereocenters. The zero-order chi connectivity index (χ0) is 22.6. The van der Waals surface area contributed by atoms with Crippen LogP contribution in [0.1, 0.15) is 37.9 Å². The minimum atomic E-state index is -3.85. The van der Waals surface area contributed by atoms with E-state index in [1.54, 1.807) is 29.9 Å². The van der Waals surface area contributed by atoms with E-state index in [-0.39, 0.29) is 17.4 Å². The van der Waals surface area contributed by atoms with Crippen LogP contribution in [0.5, 0.6) is 5.75 Å². The summed E-state index contributed by atoms with van der Waals surface area (Å²) in [5.41, 5.74) is 1.20. The number of ether oxygens (including phenoxy) is 2. The number of anilines is 1. The first kappa shape index (κ1) is 23.6. The number of aryl methyl sites for hydroxylation is 2. The number of aliphatic hydroxyl groups is 1. The number of nitrogens with zero attached hydrogens (tertiary/aromatic N) is 3. The molecule has 3 rings (SSSR count). The van der Waals surface area contributed by atoms with Gasteiger partial charge in [0.1, 0.15) is 11.6 Å². The lowest BCUT2D eigenvalue weighted by molar-refractivity contribution is 0.0494. The van der Waals surface area contributed by atoms with Crippen LogP contribution in [-0.2, 0) is 28.4 Å². The minimum absolute atomic E-state index is 0.115. The number of hydrogen-bond acceptors (Lipinski definition) is 6. The van der Waals surface area contributed by atoms with Gasteiger partial charge in [0.05, 0.1) is 23.8 Å². The molecule has 1 saturated heterocycles. The van der Waals surface area contributed by atoms with Crippen molar-refractivity contribution in [3.05, 3.63) is 35.5 Å². The van der Waals surface area contributed by atoms with Gasteiger partial charge in [-0.05, 0) is 49.8 Å². The highest BCUT2D eigenvalue weighted by Gasteiger charge is 2.29. The Morgan fingerprint density at radius 2 is 2.00 bits per heavy atom. The van der Waals surface area contributed by atoms with Gasteiger partial charge in [0.25, 0.3) is 10.0 Å². The van der Waals surface area contributed by atoms with Crippen LogP contribution in [0.25, 0.3) is 0 Å². The number of sulfonamides is 1. The fraction of sp³-hybridized carbons (Fsp3) is 0.591. The molecular formula is C22H33N3O5S. The lowest BCUT2D eigenvalue weighted by atomic mass is 10.0. The van der Waals surface area contributed by atoms with Crippen molar-refractivity contribution in [2.24, 2.45) is 18.9 Å². The van der Waals surface area contributed by atoms with Crippen LogP contribution in [-0.4, -0.2) is 49.7 Å². The Hall–Kier alpha value is -2.10. The van der Waals surface area contributed by atoms with E-state index in [1.165, 1.54) is 10.4 Å². The Morgan fingerprint density at radius 3 is 2.58 bits per heavy atom. The molecule has 0 spiro atoms. The van der Waals surface area contributed by atoms with Crippen molar-refractivity contribution >= 4 is 15.8 Å². The molecule has 0 atom stereocenters. The van der Waals surface area contributed by atoms with E-state index in [2.05, 4.69) is 5.10 Å². The van der Waals surface area contributed by atoms with Gasteiger partial charge < -0.3 is 14.6 Å². The average Bonchev–Trinajstić information content (AvgIpc) is 3.08. The predicted molar refractivity (Wildman–Crippen MR) is 119 cm³/mol. The maximum atomic E-state index is 13.6. The SMILES string of the molecule is Cc1cc(N(CC(C)C)S(=O)(=O)c2ccc(OCC3CCOCC3)c(CO)c2)n(C)n1. The molecule has 1 fully saturated rings. The third-order valence-corrected chi connectivity index (χ3v) is 7.14. The zero-order valence-electron chi connectivity index (χ0n) is 18.7. The second kappa shape index (κ2) is 10.0. The Morgan fingerprint density at radius 1 is 1.29 bits per heavy atom. The molecule has 9 heteroatoms. The molecule has 0 amide bonds. The highest BCUT2D eigenvalue weighted by molar-refractivity contribution is 7.92. The Bertz CT molecular complexity index is 981. The fourth-order valence-electron chi connectivity index (χ4n) is 3.71. The van der Waals surface area contributed by atoms with Crippen molar-refractivity contribution in [2.45, 2.75) is 45.1 Å². The first-order chi connectivity index (χ1) is 14.7. The van der Waals surface area contributed by atoms with Gasteiger partial charge in [-0.15, -0.1) is 0 Å². The molecule has 0 aliphatic carbocycles. The van der Waals surface area contributed by atoms with Crippen molar-refractivity contribution in [3.63, 3.8) is 0 Å². The van der Waals surface area contributed by atoms with E-state index in [0.29, 0.717) is 36.2 Å². The molecule has 1 aromatic heterocycles. The molecular weight excluding hydrogens is 418 g/mol. The molecule has 172 valence electrons. The molecule has 0 radical (unpaired) electrons. The first-order valence-corrected chi connectivity index (χ1v) is 12.1. The fourth-order valence-corrected chi connectivity index (χ4v) is 5.40. The average molecular weight is 452 g/mol. The molecule has 1 aromatic carbocycles. The summed E-state index contributed by atoms with van der Waals surface area (Å²) in [6, 6.07) is 6.45. The third-order valence-electron chi connectivity index (χ3n) is 5.37. The van der Waals surface area contributed by atoms with Gasteiger partial charge >= 0.3 is 0 Å². The Kier molecular flexibility index (Phi) is 7.61. The molecule has 1 N–H and O–H groups in total. The quantitative estimate of drug-likeness (QED) is 0.630. The van der Waals surface area contributed by atoms with E-state index in [9.17, 15) is 13.5 Å². The highest BCUT2D eigenvalue weighted by atomic mass is 32.2. The van der Waals surface area contributed by atoms with Crippen LogP contribution in [0.3, 0.4) is 0 Å². The van der Waals surface area contributed by atoms with Gasteiger partial charge in [-0.3, -0.25) is 4.68 Å². The van der Waals surface area contributed by atoms with Gasteiger partial charge in [0.2, 0.25) is 0 Å². The first-order valence-electron chi connectivity index (χ1n) is 10.7. The number of aliphatic hydroxyl groups excluding tert-OH is 1. The largest absolute Gasteiger partial charge is 0.493 e. The van der Waals surface area contributed by atoms with E-state index in [0.717, 1.165) is 31.7 Å². The van der Waals surface area contributed by atoms with Crippen molar-refractivity contribution in [2.75, 3.05) is 30.7 Å². The molecule has 2 aromatic rings. The number of hydrogen-bond donors (Lipinski definition) is 1. The molecule has 2 heterocycles. The van der Waals surface area contributed by atoms with Crippen LogP contribution in [0, 0.1) is 18.8 Å². The summed E-state index contributed by atoms with van der Waals surface area (Å²) in [4.78, 5) is 0.120. The summed E-state index contributed by atoms with van der Waals surface area (Å²) in [7, 11) is -2.12. The van der Waals surface area contributed by atoms with Gasteiger partial charge in [-0.25, -0.2) is 12.7 Å². The smallest absolute Gasteiger partial charge is 0.265 e. The highest BCUT2D eigenvalue weighted by Crippen LogP contribution is 2.29. The van der Waals surface area contributed by atoms with E-state index in [1.807, 2.05) is 20.8 Å².